The lowest BCUT2D eigenvalue weighted by Crippen LogP contribution is -1.91. The van der Waals surface area contributed by atoms with Crippen LogP contribution in [0.25, 0.3) is 0 Å². The van der Waals surface area contributed by atoms with Crippen molar-refractivity contribution < 1.29 is 0 Å². The molecule has 0 saturated carbocycles. The predicted octanol–water partition coefficient (Wildman–Crippen LogP) is 4.88. The highest BCUT2D eigenvalue weighted by Crippen LogP contribution is 2.12. The normalized spacial score (nSPS) is 12.5. The van der Waals surface area contributed by atoms with Gasteiger partial charge in [-0.2, -0.15) is 0 Å². The molecular weight excluding hydrogens is 168 g/mol. The van der Waals surface area contributed by atoms with Crippen LogP contribution in [-0.4, -0.2) is 0 Å². The van der Waals surface area contributed by atoms with Gasteiger partial charge >= 0.3 is 0 Å². The fourth-order valence-electron chi connectivity index (χ4n) is 1.37. The molecule has 0 heterocycles. The van der Waals surface area contributed by atoms with Gasteiger partial charge < -0.3 is 0 Å². The molecular formula is C14H24. The van der Waals surface area contributed by atoms with E-state index < -0.39 is 0 Å². The molecule has 1 atom stereocenters. The van der Waals surface area contributed by atoms with Crippen molar-refractivity contribution in [3.8, 4) is 0 Å². The maximum atomic E-state index is 3.13. The summed E-state index contributed by atoms with van der Waals surface area (Å²) in [5.41, 5.74) is 3.13. The average molecular weight is 192 g/mol. The van der Waals surface area contributed by atoms with Gasteiger partial charge in [-0.15, -0.1) is 5.73 Å². The van der Waals surface area contributed by atoms with Gasteiger partial charge in [-0.25, -0.2) is 0 Å². The highest BCUT2D eigenvalue weighted by Gasteiger charge is 1.97. The summed E-state index contributed by atoms with van der Waals surface area (Å²) in [5, 5.41) is 0. The smallest absolute Gasteiger partial charge is 0.0249 e. The summed E-state index contributed by atoms with van der Waals surface area (Å²) in [6.07, 6.45) is 14.9. The summed E-state index contributed by atoms with van der Waals surface area (Å²) in [6, 6.07) is 0. The third kappa shape index (κ3) is 9.35. The topological polar surface area (TPSA) is 0 Å². The van der Waals surface area contributed by atoms with Gasteiger partial charge in [0, 0.05) is 0 Å². The van der Waals surface area contributed by atoms with Crippen LogP contribution in [0.2, 0.25) is 0 Å². The van der Waals surface area contributed by atoms with Crippen LogP contribution in [-0.2, 0) is 0 Å². The predicted molar refractivity (Wildman–Crippen MR) is 65.4 cm³/mol. The van der Waals surface area contributed by atoms with E-state index in [2.05, 4.69) is 37.8 Å². The molecule has 0 N–H and O–H groups in total. The summed E-state index contributed by atoms with van der Waals surface area (Å²) in [7, 11) is 0. The van der Waals surface area contributed by atoms with E-state index in [4.69, 9.17) is 0 Å². The first kappa shape index (κ1) is 13.3. The molecule has 0 heteroatoms. The Morgan fingerprint density at radius 1 is 1.29 bits per heavy atom. The number of allylic oxidation sites excluding steroid dienone is 3. The molecule has 0 aliphatic rings. The maximum absolute atomic E-state index is 3.13. The largest absolute Gasteiger partial charge is 0.130 e. The molecule has 14 heavy (non-hydrogen) atoms. The average Bonchev–Trinajstić information content (AvgIpc) is 2.18. The van der Waals surface area contributed by atoms with E-state index in [9.17, 15) is 0 Å². The van der Waals surface area contributed by atoms with Crippen molar-refractivity contribution in [2.24, 2.45) is 5.92 Å². The maximum Gasteiger partial charge on any atom is -0.0249 e. The summed E-state index contributed by atoms with van der Waals surface area (Å²) >= 11 is 0. The first-order chi connectivity index (χ1) is 6.81. The Bertz CT molecular complexity index is 192. The van der Waals surface area contributed by atoms with Gasteiger partial charge in [-0.05, 0) is 50.7 Å². The molecule has 0 bridgehead atoms. The minimum atomic E-state index is 0.803. The van der Waals surface area contributed by atoms with Crippen molar-refractivity contribution in [2.75, 3.05) is 0 Å². The van der Waals surface area contributed by atoms with E-state index >= 15 is 0 Å². The van der Waals surface area contributed by atoms with Gasteiger partial charge in [-0.3, -0.25) is 0 Å². The Morgan fingerprint density at radius 2 is 2.07 bits per heavy atom. The first-order valence-electron chi connectivity index (χ1n) is 5.81. The molecule has 0 nitrogen and oxygen atoms in total. The highest BCUT2D eigenvalue weighted by molar-refractivity contribution is 4.84. The van der Waals surface area contributed by atoms with Crippen LogP contribution in [0, 0.1) is 5.92 Å². The Morgan fingerprint density at radius 3 is 2.71 bits per heavy atom. The minimum absolute atomic E-state index is 0.803. The van der Waals surface area contributed by atoms with Crippen molar-refractivity contribution in [3.05, 3.63) is 30.0 Å². The fourth-order valence-corrected chi connectivity index (χ4v) is 1.37. The standard InChI is InChI=1S/C14H24/c1-4-6-8-9-11-13-14(3)12-10-7-5-2/h5-6,8,10,14H,4,9,11-13H2,1-3H3. The second kappa shape index (κ2) is 10.3. The number of unbranched alkanes of at least 4 members (excludes halogenated alkanes) is 1. The Hall–Kier alpha value is -0.740. The Balaban J connectivity index is 3.39. The van der Waals surface area contributed by atoms with Crippen LogP contribution in [0.4, 0.5) is 0 Å². The first-order valence-corrected chi connectivity index (χ1v) is 5.81. The van der Waals surface area contributed by atoms with Gasteiger partial charge in [-0.1, -0.05) is 32.4 Å². The zero-order chi connectivity index (χ0) is 10.6. The van der Waals surface area contributed by atoms with Crippen LogP contribution in [0.3, 0.4) is 0 Å². The van der Waals surface area contributed by atoms with Crippen molar-refractivity contribution in [2.45, 2.75) is 52.9 Å². The van der Waals surface area contributed by atoms with Gasteiger partial charge in [0.05, 0.1) is 0 Å². The van der Waals surface area contributed by atoms with Crippen molar-refractivity contribution in [3.63, 3.8) is 0 Å². The quantitative estimate of drug-likeness (QED) is 0.306. The molecule has 0 aliphatic carbocycles. The second-order valence-corrected chi connectivity index (χ2v) is 3.81. The van der Waals surface area contributed by atoms with E-state index in [1.807, 2.05) is 13.0 Å². The second-order valence-electron chi connectivity index (χ2n) is 3.81. The molecule has 0 radical (unpaired) electrons. The molecule has 0 amide bonds. The zero-order valence-corrected chi connectivity index (χ0v) is 9.92. The SMILES string of the molecule is CC=C=CCC(C)CCCC=CCC. The summed E-state index contributed by atoms with van der Waals surface area (Å²) < 4.78 is 0. The Kier molecular flexibility index (Phi) is 9.79. The molecule has 0 rings (SSSR count). The van der Waals surface area contributed by atoms with Crippen LogP contribution in [0.5, 0.6) is 0 Å². The molecule has 0 spiro atoms. The molecule has 0 aliphatic heterocycles. The van der Waals surface area contributed by atoms with E-state index in [-0.39, 0.29) is 0 Å². The van der Waals surface area contributed by atoms with E-state index in [0.717, 1.165) is 5.92 Å². The van der Waals surface area contributed by atoms with Gasteiger partial charge in [0.1, 0.15) is 0 Å². The molecule has 0 saturated heterocycles. The summed E-state index contributed by atoms with van der Waals surface area (Å²) in [5.74, 6) is 0.803. The zero-order valence-electron chi connectivity index (χ0n) is 9.92. The lowest BCUT2D eigenvalue weighted by atomic mass is 10.0. The number of hydrogen-bond donors (Lipinski definition) is 0. The van der Waals surface area contributed by atoms with Crippen molar-refractivity contribution in [1.29, 1.82) is 0 Å². The Labute approximate surface area is 89.4 Å². The van der Waals surface area contributed by atoms with E-state index in [1.165, 1.54) is 32.1 Å². The van der Waals surface area contributed by atoms with Gasteiger partial charge in [0.15, 0.2) is 0 Å². The number of hydrogen-bond acceptors (Lipinski definition) is 0. The van der Waals surface area contributed by atoms with Gasteiger partial charge in [0.25, 0.3) is 0 Å². The third-order valence-corrected chi connectivity index (χ3v) is 2.27. The number of rotatable bonds is 7. The van der Waals surface area contributed by atoms with E-state index in [1.54, 1.807) is 0 Å². The van der Waals surface area contributed by atoms with Crippen LogP contribution >= 0.6 is 0 Å². The summed E-state index contributed by atoms with van der Waals surface area (Å²) in [4.78, 5) is 0. The molecule has 0 aromatic rings. The van der Waals surface area contributed by atoms with Crippen molar-refractivity contribution in [1.82, 2.24) is 0 Å². The molecule has 1 unspecified atom stereocenters. The lowest BCUT2D eigenvalue weighted by molar-refractivity contribution is 0.519. The van der Waals surface area contributed by atoms with E-state index in [0.29, 0.717) is 0 Å². The summed E-state index contributed by atoms with van der Waals surface area (Å²) in [6.45, 7) is 6.51. The van der Waals surface area contributed by atoms with Crippen molar-refractivity contribution >= 4 is 0 Å². The lowest BCUT2D eigenvalue weighted by Gasteiger charge is -2.05. The monoisotopic (exact) mass is 192 g/mol. The highest BCUT2D eigenvalue weighted by atomic mass is 14.0. The fraction of sp³-hybridized carbons (Fsp3) is 0.643. The molecule has 0 aromatic heterocycles. The van der Waals surface area contributed by atoms with Crippen LogP contribution in [0.1, 0.15) is 52.9 Å². The van der Waals surface area contributed by atoms with Gasteiger partial charge in [0.2, 0.25) is 0 Å². The van der Waals surface area contributed by atoms with Crippen LogP contribution < -0.4 is 0 Å². The third-order valence-electron chi connectivity index (χ3n) is 2.27. The molecule has 0 aromatic carbocycles. The molecule has 0 fully saturated rings. The minimum Gasteiger partial charge on any atom is -0.130 e. The molecule has 80 valence electrons. The van der Waals surface area contributed by atoms with Crippen LogP contribution in [0.15, 0.2) is 30.0 Å².